The number of hydrogen-bond donors (Lipinski definition) is 1. The summed E-state index contributed by atoms with van der Waals surface area (Å²) >= 11 is 1.58. The number of amides is 1. The molecular formula is C22H31N3O2S. The van der Waals surface area contributed by atoms with E-state index in [1.807, 2.05) is 44.2 Å². The zero-order valence-electron chi connectivity index (χ0n) is 17.3. The van der Waals surface area contributed by atoms with Gasteiger partial charge >= 0.3 is 0 Å². The molecule has 152 valence electrons. The van der Waals surface area contributed by atoms with Gasteiger partial charge < -0.3 is 5.32 Å². The minimum Gasteiger partial charge on any atom is -0.354 e. The summed E-state index contributed by atoms with van der Waals surface area (Å²) < 4.78 is 1.64. The van der Waals surface area contributed by atoms with Crippen LogP contribution in [0.25, 0.3) is 0 Å². The number of nitrogens with one attached hydrogen (secondary N) is 1. The van der Waals surface area contributed by atoms with E-state index in [9.17, 15) is 9.59 Å². The molecule has 0 fully saturated rings. The number of benzene rings is 1. The van der Waals surface area contributed by atoms with E-state index in [-0.39, 0.29) is 17.5 Å². The molecule has 0 aliphatic rings. The van der Waals surface area contributed by atoms with Crippen LogP contribution in [-0.2, 0) is 18.3 Å². The first kappa shape index (κ1) is 22.2. The highest BCUT2D eigenvalue weighted by molar-refractivity contribution is 7.99. The van der Waals surface area contributed by atoms with Gasteiger partial charge in [-0.25, -0.2) is 4.98 Å². The minimum atomic E-state index is 0.0202. The molecule has 2 aromatic rings. The Kier molecular flexibility index (Phi) is 8.77. The molecule has 0 bridgehead atoms. The molecule has 1 aromatic heterocycles. The van der Waals surface area contributed by atoms with Gasteiger partial charge in [-0.3, -0.25) is 14.2 Å². The summed E-state index contributed by atoms with van der Waals surface area (Å²) in [5, 5.41) is 3.72. The van der Waals surface area contributed by atoms with E-state index in [1.165, 1.54) is 0 Å². The van der Waals surface area contributed by atoms with Crippen LogP contribution in [0.2, 0.25) is 0 Å². The number of aryl methyl sites for hydroxylation is 1. The first-order chi connectivity index (χ1) is 13.4. The number of unbranched alkanes of at least 4 members (excludes halogenated alkanes) is 1. The van der Waals surface area contributed by atoms with Crippen LogP contribution in [0.1, 0.15) is 56.4 Å². The second-order valence-electron chi connectivity index (χ2n) is 7.17. The molecule has 2 rings (SSSR count). The average Bonchev–Trinajstić information content (AvgIpc) is 2.69. The molecule has 0 saturated heterocycles. The Morgan fingerprint density at radius 1 is 1.25 bits per heavy atom. The Hall–Kier alpha value is -2.08. The molecule has 0 aliphatic carbocycles. The quantitative estimate of drug-likeness (QED) is 0.373. The Balaban J connectivity index is 1.89. The third-order valence-electron chi connectivity index (χ3n) is 4.82. The molecule has 0 saturated carbocycles. The highest BCUT2D eigenvalue weighted by Crippen LogP contribution is 2.18. The maximum absolute atomic E-state index is 12.8. The Labute approximate surface area is 172 Å². The maximum Gasteiger partial charge on any atom is 0.257 e. The first-order valence-corrected chi connectivity index (χ1v) is 10.9. The standard InChI is InChI=1S/C22H31N3O2S/c1-5-16(2)23-20(26)13-9-10-14-28-22-24-17(3)19(21(27)25(22)4)15-18-11-7-6-8-12-18/h6-8,11-12,16H,5,9-10,13-15H2,1-4H3,(H,23,26). The van der Waals surface area contributed by atoms with Crippen LogP contribution in [0.4, 0.5) is 0 Å². The summed E-state index contributed by atoms with van der Waals surface area (Å²) in [4.78, 5) is 29.2. The molecule has 1 heterocycles. The van der Waals surface area contributed by atoms with Crippen molar-refractivity contribution >= 4 is 17.7 Å². The zero-order chi connectivity index (χ0) is 20.5. The number of aromatic nitrogens is 2. The van der Waals surface area contributed by atoms with Crippen LogP contribution >= 0.6 is 11.8 Å². The fraction of sp³-hybridized carbons (Fsp3) is 0.500. The van der Waals surface area contributed by atoms with Crippen molar-refractivity contribution < 1.29 is 4.79 Å². The monoisotopic (exact) mass is 401 g/mol. The lowest BCUT2D eigenvalue weighted by Crippen LogP contribution is -2.31. The molecule has 5 nitrogen and oxygen atoms in total. The fourth-order valence-electron chi connectivity index (χ4n) is 2.86. The van der Waals surface area contributed by atoms with Gasteiger partial charge in [0.1, 0.15) is 0 Å². The molecule has 28 heavy (non-hydrogen) atoms. The molecule has 1 atom stereocenters. The third kappa shape index (κ3) is 6.51. The van der Waals surface area contributed by atoms with Crippen LogP contribution in [0, 0.1) is 6.92 Å². The maximum atomic E-state index is 12.8. The van der Waals surface area contributed by atoms with Crippen LogP contribution in [0.3, 0.4) is 0 Å². The highest BCUT2D eigenvalue weighted by Gasteiger charge is 2.13. The molecule has 0 spiro atoms. The van der Waals surface area contributed by atoms with Gasteiger partial charge in [0.05, 0.1) is 0 Å². The molecule has 6 heteroatoms. The molecular weight excluding hydrogens is 370 g/mol. The van der Waals surface area contributed by atoms with E-state index in [1.54, 1.807) is 23.4 Å². The lowest BCUT2D eigenvalue weighted by Gasteiger charge is -2.12. The van der Waals surface area contributed by atoms with Gasteiger partial charge in [0.15, 0.2) is 5.16 Å². The number of rotatable bonds is 10. The summed E-state index contributed by atoms with van der Waals surface area (Å²) in [6.07, 6.45) is 3.85. The van der Waals surface area contributed by atoms with Crippen molar-refractivity contribution in [1.82, 2.24) is 14.9 Å². The van der Waals surface area contributed by atoms with E-state index < -0.39 is 0 Å². The van der Waals surface area contributed by atoms with Gasteiger partial charge in [0.2, 0.25) is 5.91 Å². The van der Waals surface area contributed by atoms with Crippen molar-refractivity contribution in [2.24, 2.45) is 7.05 Å². The van der Waals surface area contributed by atoms with E-state index in [2.05, 4.69) is 17.2 Å². The normalized spacial score (nSPS) is 12.0. The van der Waals surface area contributed by atoms with Gasteiger partial charge in [-0.05, 0) is 38.7 Å². The van der Waals surface area contributed by atoms with Crippen molar-refractivity contribution in [1.29, 1.82) is 0 Å². The molecule has 0 aliphatic heterocycles. The summed E-state index contributed by atoms with van der Waals surface area (Å²) in [7, 11) is 1.78. The second-order valence-corrected chi connectivity index (χ2v) is 8.23. The van der Waals surface area contributed by atoms with Crippen LogP contribution in [0.5, 0.6) is 0 Å². The minimum absolute atomic E-state index is 0.0202. The summed E-state index contributed by atoms with van der Waals surface area (Å²) in [6, 6.07) is 10.2. The zero-order valence-corrected chi connectivity index (χ0v) is 18.1. The molecule has 1 amide bonds. The average molecular weight is 402 g/mol. The number of thioether (sulfide) groups is 1. The second kappa shape index (κ2) is 11.1. The summed E-state index contributed by atoms with van der Waals surface area (Å²) in [5.41, 5.74) is 2.68. The molecule has 1 N–H and O–H groups in total. The van der Waals surface area contributed by atoms with Gasteiger partial charge in [0, 0.05) is 42.9 Å². The summed E-state index contributed by atoms with van der Waals surface area (Å²) in [6.45, 7) is 5.98. The van der Waals surface area contributed by atoms with Crippen LogP contribution in [-0.4, -0.2) is 27.3 Å². The van der Waals surface area contributed by atoms with Crippen molar-refractivity contribution in [3.8, 4) is 0 Å². The van der Waals surface area contributed by atoms with E-state index >= 15 is 0 Å². The molecule has 1 aromatic carbocycles. The Morgan fingerprint density at radius 3 is 2.64 bits per heavy atom. The number of carbonyl (C=O) groups is 1. The highest BCUT2D eigenvalue weighted by atomic mass is 32.2. The van der Waals surface area contributed by atoms with Crippen molar-refractivity contribution in [2.75, 3.05) is 5.75 Å². The van der Waals surface area contributed by atoms with Gasteiger partial charge in [-0.1, -0.05) is 49.0 Å². The van der Waals surface area contributed by atoms with Crippen LogP contribution < -0.4 is 10.9 Å². The Bertz CT molecular complexity index is 834. The number of nitrogens with zero attached hydrogens (tertiary/aromatic N) is 2. The molecule has 1 unspecified atom stereocenters. The topological polar surface area (TPSA) is 64.0 Å². The smallest absolute Gasteiger partial charge is 0.257 e. The van der Waals surface area contributed by atoms with Crippen LogP contribution in [0.15, 0.2) is 40.3 Å². The predicted octanol–water partition coefficient (Wildman–Crippen LogP) is 3.86. The predicted molar refractivity (Wildman–Crippen MR) is 116 cm³/mol. The molecule has 0 radical (unpaired) electrons. The fourth-order valence-corrected chi connectivity index (χ4v) is 3.87. The van der Waals surface area contributed by atoms with Gasteiger partial charge in [-0.15, -0.1) is 0 Å². The largest absolute Gasteiger partial charge is 0.354 e. The van der Waals surface area contributed by atoms with Crippen molar-refractivity contribution in [3.63, 3.8) is 0 Å². The first-order valence-electron chi connectivity index (χ1n) is 9.95. The lowest BCUT2D eigenvalue weighted by atomic mass is 10.1. The van der Waals surface area contributed by atoms with Gasteiger partial charge in [-0.2, -0.15) is 0 Å². The SMILES string of the molecule is CCC(C)NC(=O)CCCCSc1nc(C)c(Cc2ccccc2)c(=O)n1C. The number of hydrogen-bond acceptors (Lipinski definition) is 4. The third-order valence-corrected chi connectivity index (χ3v) is 5.94. The van der Waals surface area contributed by atoms with Gasteiger partial charge in [0.25, 0.3) is 5.56 Å². The van der Waals surface area contributed by atoms with E-state index in [0.29, 0.717) is 12.8 Å². The van der Waals surface area contributed by atoms with Crippen molar-refractivity contribution in [3.05, 3.63) is 57.5 Å². The summed E-state index contributed by atoms with van der Waals surface area (Å²) in [5.74, 6) is 0.958. The lowest BCUT2D eigenvalue weighted by molar-refractivity contribution is -0.121. The van der Waals surface area contributed by atoms with Crippen molar-refractivity contribution in [2.45, 2.75) is 64.1 Å². The Morgan fingerprint density at radius 2 is 1.96 bits per heavy atom. The van der Waals surface area contributed by atoms with E-state index in [0.717, 1.165) is 47.0 Å². The number of carbonyl (C=O) groups excluding carboxylic acids is 1. The van der Waals surface area contributed by atoms with E-state index in [4.69, 9.17) is 0 Å².